The number of anilines is 1. The minimum absolute atomic E-state index is 0.0332. The molecule has 0 aliphatic carbocycles. The number of aromatic nitrogens is 2. The van der Waals surface area contributed by atoms with Crippen LogP contribution in [0, 0.1) is 13.8 Å². The van der Waals surface area contributed by atoms with E-state index in [-0.39, 0.29) is 17.2 Å². The molecule has 0 aliphatic heterocycles. The number of rotatable bonds is 9. The number of para-hydroxylation sites is 1. The summed E-state index contributed by atoms with van der Waals surface area (Å²) >= 11 is 1.31. The molecular weight excluding hydrogens is 394 g/mol. The van der Waals surface area contributed by atoms with Crippen LogP contribution in [0.15, 0.2) is 52.4 Å². The quantitative estimate of drug-likeness (QED) is 0.287. The molecular formula is C24H29N3O2S. The summed E-state index contributed by atoms with van der Waals surface area (Å²) in [6.45, 7) is 6.86. The van der Waals surface area contributed by atoms with Crippen LogP contribution in [-0.4, -0.2) is 21.2 Å². The molecule has 0 unspecified atom stereocenters. The van der Waals surface area contributed by atoms with E-state index < -0.39 is 0 Å². The zero-order valence-corrected chi connectivity index (χ0v) is 18.7. The molecule has 0 aliphatic rings. The highest BCUT2D eigenvalue weighted by molar-refractivity contribution is 7.99. The normalized spacial score (nSPS) is 11.0. The van der Waals surface area contributed by atoms with Gasteiger partial charge in [0.05, 0.1) is 16.7 Å². The fourth-order valence-electron chi connectivity index (χ4n) is 3.30. The second-order valence-electron chi connectivity index (χ2n) is 7.56. The number of fused-ring (bicyclic) bond motifs is 1. The molecule has 0 saturated carbocycles. The first kappa shape index (κ1) is 22.1. The number of carbonyl (C=O) groups is 1. The van der Waals surface area contributed by atoms with E-state index in [1.807, 2.05) is 56.3 Å². The zero-order valence-electron chi connectivity index (χ0n) is 17.9. The molecule has 0 atom stereocenters. The van der Waals surface area contributed by atoms with Gasteiger partial charge < -0.3 is 5.32 Å². The van der Waals surface area contributed by atoms with Gasteiger partial charge in [-0.25, -0.2) is 4.98 Å². The van der Waals surface area contributed by atoms with Gasteiger partial charge in [0.2, 0.25) is 5.91 Å². The number of nitrogens with one attached hydrogen (secondary N) is 1. The molecule has 1 N–H and O–H groups in total. The Morgan fingerprint density at radius 3 is 2.63 bits per heavy atom. The number of hydrogen-bond acceptors (Lipinski definition) is 4. The molecule has 0 radical (unpaired) electrons. The molecule has 3 rings (SSSR count). The van der Waals surface area contributed by atoms with Crippen LogP contribution in [-0.2, 0) is 11.3 Å². The number of aryl methyl sites for hydroxylation is 2. The van der Waals surface area contributed by atoms with Crippen molar-refractivity contribution in [1.82, 2.24) is 9.55 Å². The maximum Gasteiger partial charge on any atom is 0.262 e. The Balaban J connectivity index is 1.76. The maximum atomic E-state index is 13.0. The molecule has 1 heterocycles. The van der Waals surface area contributed by atoms with Crippen molar-refractivity contribution in [1.29, 1.82) is 0 Å². The highest BCUT2D eigenvalue weighted by Gasteiger charge is 2.13. The van der Waals surface area contributed by atoms with Crippen LogP contribution in [0.5, 0.6) is 0 Å². The van der Waals surface area contributed by atoms with Crippen LogP contribution in [0.3, 0.4) is 0 Å². The predicted octanol–water partition coefficient (Wildman–Crippen LogP) is 5.32. The molecule has 30 heavy (non-hydrogen) atoms. The highest BCUT2D eigenvalue weighted by Crippen LogP contribution is 2.20. The van der Waals surface area contributed by atoms with Crippen molar-refractivity contribution in [3.8, 4) is 0 Å². The molecule has 0 fully saturated rings. The van der Waals surface area contributed by atoms with Gasteiger partial charge in [0.25, 0.3) is 5.56 Å². The fraction of sp³-hybridized carbons (Fsp3) is 0.375. The molecule has 1 aromatic heterocycles. The number of amides is 1. The molecule has 3 aromatic rings. The first-order valence-corrected chi connectivity index (χ1v) is 11.5. The number of nitrogens with zero attached hydrogens (tertiary/aromatic N) is 2. The van der Waals surface area contributed by atoms with Crippen molar-refractivity contribution < 1.29 is 4.79 Å². The summed E-state index contributed by atoms with van der Waals surface area (Å²) in [6, 6.07) is 13.3. The van der Waals surface area contributed by atoms with Crippen LogP contribution in [0.4, 0.5) is 5.69 Å². The van der Waals surface area contributed by atoms with Crippen LogP contribution < -0.4 is 10.9 Å². The van der Waals surface area contributed by atoms with Crippen LogP contribution in [0.1, 0.15) is 43.7 Å². The lowest BCUT2D eigenvalue weighted by molar-refractivity contribution is -0.113. The van der Waals surface area contributed by atoms with Gasteiger partial charge in [-0.3, -0.25) is 14.2 Å². The minimum atomic E-state index is -0.108. The van der Waals surface area contributed by atoms with Gasteiger partial charge in [-0.15, -0.1) is 0 Å². The van der Waals surface area contributed by atoms with Crippen LogP contribution >= 0.6 is 11.8 Å². The molecule has 2 aromatic carbocycles. The van der Waals surface area contributed by atoms with E-state index >= 15 is 0 Å². The van der Waals surface area contributed by atoms with Gasteiger partial charge in [-0.2, -0.15) is 0 Å². The highest BCUT2D eigenvalue weighted by atomic mass is 32.2. The summed E-state index contributed by atoms with van der Waals surface area (Å²) in [5.41, 5.74) is 3.75. The van der Waals surface area contributed by atoms with Crippen molar-refractivity contribution in [2.24, 2.45) is 0 Å². The summed E-state index contributed by atoms with van der Waals surface area (Å²) < 4.78 is 1.73. The van der Waals surface area contributed by atoms with Gasteiger partial charge in [-0.1, -0.05) is 56.1 Å². The van der Waals surface area contributed by atoms with Gasteiger partial charge in [0, 0.05) is 12.2 Å². The van der Waals surface area contributed by atoms with E-state index in [1.54, 1.807) is 4.57 Å². The molecule has 5 nitrogen and oxygen atoms in total. The Morgan fingerprint density at radius 1 is 1.07 bits per heavy atom. The molecule has 0 spiro atoms. The first-order valence-electron chi connectivity index (χ1n) is 10.5. The van der Waals surface area contributed by atoms with Crippen LogP contribution in [0.2, 0.25) is 0 Å². The lowest BCUT2D eigenvalue weighted by Gasteiger charge is -2.13. The van der Waals surface area contributed by atoms with E-state index in [1.165, 1.54) is 17.3 Å². The smallest absolute Gasteiger partial charge is 0.262 e. The molecule has 0 saturated heterocycles. The lowest BCUT2D eigenvalue weighted by Crippen LogP contribution is -2.24. The van der Waals surface area contributed by atoms with E-state index in [9.17, 15) is 9.59 Å². The first-order chi connectivity index (χ1) is 14.5. The van der Waals surface area contributed by atoms with E-state index in [2.05, 4.69) is 17.2 Å². The number of unbranched alkanes of at least 4 members (excludes halogenated alkanes) is 3. The SMILES string of the molecule is CCCCCCn1c(SCC(=O)Nc2ccc(C)c(C)c2)nc2ccccc2c1=O. The molecule has 0 bridgehead atoms. The molecule has 158 valence electrons. The third kappa shape index (κ3) is 5.51. The fourth-order valence-corrected chi connectivity index (χ4v) is 4.12. The average molecular weight is 424 g/mol. The summed E-state index contributed by atoms with van der Waals surface area (Å²) in [4.78, 5) is 30.2. The largest absolute Gasteiger partial charge is 0.325 e. The Hall–Kier alpha value is -2.60. The van der Waals surface area contributed by atoms with Gasteiger partial charge >= 0.3 is 0 Å². The maximum absolute atomic E-state index is 13.0. The lowest BCUT2D eigenvalue weighted by atomic mass is 10.1. The second kappa shape index (κ2) is 10.4. The number of carbonyl (C=O) groups excluding carboxylic acids is 1. The monoisotopic (exact) mass is 423 g/mol. The average Bonchev–Trinajstić information content (AvgIpc) is 2.74. The zero-order chi connectivity index (χ0) is 21.5. The van der Waals surface area contributed by atoms with Gasteiger partial charge in [-0.05, 0) is 55.7 Å². The van der Waals surface area contributed by atoms with Gasteiger partial charge in [0.15, 0.2) is 5.16 Å². The topological polar surface area (TPSA) is 64.0 Å². The summed E-state index contributed by atoms with van der Waals surface area (Å²) in [5.74, 6) is 0.0929. The minimum Gasteiger partial charge on any atom is -0.325 e. The van der Waals surface area contributed by atoms with Crippen molar-refractivity contribution in [2.45, 2.75) is 58.2 Å². The van der Waals surface area contributed by atoms with Crippen molar-refractivity contribution in [2.75, 3.05) is 11.1 Å². The number of benzene rings is 2. The Morgan fingerprint density at radius 2 is 1.87 bits per heavy atom. The van der Waals surface area contributed by atoms with Gasteiger partial charge in [0.1, 0.15) is 0 Å². The number of hydrogen-bond donors (Lipinski definition) is 1. The Bertz CT molecular complexity index is 1090. The van der Waals surface area contributed by atoms with E-state index in [0.29, 0.717) is 22.6 Å². The van der Waals surface area contributed by atoms with Crippen molar-refractivity contribution in [3.05, 3.63) is 63.9 Å². The summed E-state index contributed by atoms with van der Waals surface area (Å²) in [6.07, 6.45) is 4.30. The molecule has 6 heteroatoms. The summed E-state index contributed by atoms with van der Waals surface area (Å²) in [5, 5.41) is 4.16. The second-order valence-corrected chi connectivity index (χ2v) is 8.51. The Kier molecular flexibility index (Phi) is 7.69. The van der Waals surface area contributed by atoms with Crippen LogP contribution in [0.25, 0.3) is 10.9 Å². The summed E-state index contributed by atoms with van der Waals surface area (Å²) in [7, 11) is 0. The van der Waals surface area contributed by atoms with E-state index in [0.717, 1.165) is 36.9 Å². The predicted molar refractivity (Wildman–Crippen MR) is 125 cm³/mol. The van der Waals surface area contributed by atoms with Crippen molar-refractivity contribution in [3.63, 3.8) is 0 Å². The Labute approximate surface area is 181 Å². The molecule has 1 amide bonds. The number of thioether (sulfide) groups is 1. The van der Waals surface area contributed by atoms with Crippen molar-refractivity contribution >= 4 is 34.3 Å². The third-order valence-corrected chi connectivity index (χ3v) is 6.16. The third-order valence-electron chi connectivity index (χ3n) is 5.18. The standard InChI is InChI=1S/C24H29N3O2S/c1-4-5-6-9-14-27-23(29)20-10-7-8-11-21(20)26-24(27)30-16-22(28)25-19-13-12-17(2)18(3)15-19/h7-8,10-13,15H,4-6,9,14,16H2,1-3H3,(H,25,28). The van der Waals surface area contributed by atoms with E-state index in [4.69, 9.17) is 0 Å².